The summed E-state index contributed by atoms with van der Waals surface area (Å²) in [6.07, 6.45) is 1.16. The second kappa shape index (κ2) is 6.52. The molecule has 0 saturated carbocycles. The van der Waals surface area contributed by atoms with Crippen molar-refractivity contribution in [2.45, 2.75) is 33.2 Å². The van der Waals surface area contributed by atoms with Gasteiger partial charge in [-0.15, -0.1) is 0 Å². The predicted octanol–water partition coefficient (Wildman–Crippen LogP) is 3.27. The summed E-state index contributed by atoms with van der Waals surface area (Å²) in [6, 6.07) is 2.82. The third kappa shape index (κ3) is 4.00. The van der Waals surface area contributed by atoms with Crippen LogP contribution in [0.3, 0.4) is 0 Å². The first-order valence-electron chi connectivity index (χ1n) is 7.36. The van der Waals surface area contributed by atoms with Crippen molar-refractivity contribution in [1.82, 2.24) is 4.90 Å². The molecular formula is C16H22F2N2O. The smallest absolute Gasteiger partial charge is 0.241 e. The van der Waals surface area contributed by atoms with Crippen molar-refractivity contribution in [2.24, 2.45) is 11.8 Å². The SMILES string of the molecule is C[C@H]1C[C@H](C)CN([C@@H](C)C(=O)Nc2ccc(F)cc2F)C1. The van der Waals surface area contributed by atoms with Gasteiger partial charge >= 0.3 is 0 Å². The van der Waals surface area contributed by atoms with Gasteiger partial charge in [0.2, 0.25) is 5.91 Å². The van der Waals surface area contributed by atoms with Crippen molar-refractivity contribution in [3.8, 4) is 0 Å². The first-order valence-corrected chi connectivity index (χ1v) is 7.36. The van der Waals surface area contributed by atoms with Gasteiger partial charge in [-0.25, -0.2) is 8.78 Å². The van der Waals surface area contributed by atoms with E-state index in [0.29, 0.717) is 11.8 Å². The van der Waals surface area contributed by atoms with Crippen LogP contribution in [-0.4, -0.2) is 29.9 Å². The Morgan fingerprint density at radius 3 is 2.48 bits per heavy atom. The Labute approximate surface area is 124 Å². The van der Waals surface area contributed by atoms with Gasteiger partial charge in [-0.3, -0.25) is 9.69 Å². The van der Waals surface area contributed by atoms with Gasteiger partial charge in [-0.1, -0.05) is 13.8 Å². The van der Waals surface area contributed by atoms with Gasteiger partial charge in [0.05, 0.1) is 11.7 Å². The summed E-state index contributed by atoms with van der Waals surface area (Å²) in [5.74, 6) is -0.576. The number of nitrogens with zero attached hydrogens (tertiary/aromatic N) is 1. The summed E-state index contributed by atoms with van der Waals surface area (Å²) >= 11 is 0. The summed E-state index contributed by atoms with van der Waals surface area (Å²) in [4.78, 5) is 14.4. The molecule has 2 rings (SSSR count). The van der Waals surface area contributed by atoms with E-state index in [0.717, 1.165) is 31.6 Å². The Morgan fingerprint density at radius 1 is 1.29 bits per heavy atom. The number of hydrogen-bond acceptors (Lipinski definition) is 2. The van der Waals surface area contributed by atoms with Crippen LogP contribution in [0.1, 0.15) is 27.2 Å². The average Bonchev–Trinajstić information content (AvgIpc) is 2.40. The molecule has 5 heteroatoms. The van der Waals surface area contributed by atoms with Crippen LogP contribution < -0.4 is 5.32 Å². The summed E-state index contributed by atoms with van der Waals surface area (Å²) in [5.41, 5.74) is 0.0198. The number of piperidine rings is 1. The van der Waals surface area contributed by atoms with Crippen LogP contribution in [0, 0.1) is 23.5 Å². The van der Waals surface area contributed by atoms with Crippen LogP contribution in [0.4, 0.5) is 14.5 Å². The molecule has 0 radical (unpaired) electrons. The Balaban J connectivity index is 2.02. The third-order valence-corrected chi connectivity index (χ3v) is 4.01. The zero-order valence-corrected chi connectivity index (χ0v) is 12.7. The summed E-state index contributed by atoms with van der Waals surface area (Å²) in [7, 11) is 0. The second-order valence-corrected chi connectivity index (χ2v) is 6.19. The molecule has 1 fully saturated rings. The van der Waals surface area contributed by atoms with E-state index in [4.69, 9.17) is 0 Å². The Kier molecular flexibility index (Phi) is 4.93. The molecule has 116 valence electrons. The minimum absolute atomic E-state index is 0.0198. The van der Waals surface area contributed by atoms with Crippen LogP contribution in [-0.2, 0) is 4.79 Å². The Hall–Kier alpha value is -1.49. The van der Waals surface area contributed by atoms with E-state index < -0.39 is 11.6 Å². The molecular weight excluding hydrogens is 274 g/mol. The lowest BCUT2D eigenvalue weighted by molar-refractivity contribution is -0.121. The standard InChI is InChI=1S/C16H22F2N2O/c1-10-6-11(2)9-20(8-10)12(3)16(21)19-15-5-4-13(17)7-14(15)18/h4-5,7,10-12H,6,8-9H2,1-3H3,(H,19,21)/t10-,11-,12-/m0/s1. The average molecular weight is 296 g/mol. The van der Waals surface area contributed by atoms with E-state index in [9.17, 15) is 13.6 Å². The number of benzene rings is 1. The summed E-state index contributed by atoms with van der Waals surface area (Å²) in [6.45, 7) is 7.90. The first kappa shape index (κ1) is 15.9. The normalized spacial score (nSPS) is 24.6. The second-order valence-electron chi connectivity index (χ2n) is 6.19. The van der Waals surface area contributed by atoms with Crippen LogP contribution >= 0.6 is 0 Å². The molecule has 0 aromatic heterocycles. The first-order chi connectivity index (χ1) is 9.86. The fourth-order valence-corrected chi connectivity index (χ4v) is 3.02. The van der Waals surface area contributed by atoms with Gasteiger partial charge in [0, 0.05) is 19.2 Å². The number of anilines is 1. The molecule has 1 aromatic carbocycles. The minimum atomic E-state index is -0.754. The van der Waals surface area contributed by atoms with E-state index in [1.54, 1.807) is 0 Å². The lowest BCUT2D eigenvalue weighted by Crippen LogP contribution is -2.48. The molecule has 0 aliphatic carbocycles. The Morgan fingerprint density at radius 2 is 1.90 bits per heavy atom. The van der Waals surface area contributed by atoms with E-state index >= 15 is 0 Å². The summed E-state index contributed by atoms with van der Waals surface area (Å²) < 4.78 is 26.4. The number of rotatable bonds is 3. The minimum Gasteiger partial charge on any atom is -0.322 e. The molecule has 0 unspecified atom stereocenters. The number of carbonyl (C=O) groups is 1. The van der Waals surface area contributed by atoms with Gasteiger partial charge in [0.25, 0.3) is 0 Å². The zero-order valence-electron chi connectivity index (χ0n) is 12.7. The molecule has 1 amide bonds. The maximum Gasteiger partial charge on any atom is 0.241 e. The van der Waals surface area contributed by atoms with E-state index in [-0.39, 0.29) is 17.6 Å². The molecule has 3 atom stereocenters. The number of amides is 1. The van der Waals surface area contributed by atoms with Crippen molar-refractivity contribution >= 4 is 11.6 Å². The molecule has 0 bridgehead atoms. The number of halogens is 2. The maximum atomic E-state index is 13.6. The molecule has 1 heterocycles. The van der Waals surface area contributed by atoms with Crippen molar-refractivity contribution in [2.75, 3.05) is 18.4 Å². The highest BCUT2D eigenvalue weighted by Gasteiger charge is 2.29. The summed E-state index contributed by atoms with van der Waals surface area (Å²) in [5, 5.41) is 2.54. The van der Waals surface area contributed by atoms with Crippen LogP contribution in [0.5, 0.6) is 0 Å². The van der Waals surface area contributed by atoms with Gasteiger partial charge in [-0.2, -0.15) is 0 Å². The molecule has 3 nitrogen and oxygen atoms in total. The fourth-order valence-electron chi connectivity index (χ4n) is 3.02. The predicted molar refractivity (Wildman–Crippen MR) is 79.0 cm³/mol. The van der Waals surface area contributed by atoms with Gasteiger partial charge < -0.3 is 5.32 Å². The maximum absolute atomic E-state index is 13.6. The van der Waals surface area contributed by atoms with Crippen LogP contribution in [0.2, 0.25) is 0 Å². The number of likely N-dealkylation sites (tertiary alicyclic amines) is 1. The topological polar surface area (TPSA) is 32.3 Å². The van der Waals surface area contributed by atoms with Gasteiger partial charge in [0.15, 0.2) is 0 Å². The highest BCUT2D eigenvalue weighted by Crippen LogP contribution is 2.23. The fraction of sp³-hybridized carbons (Fsp3) is 0.562. The molecule has 21 heavy (non-hydrogen) atoms. The van der Waals surface area contributed by atoms with E-state index in [1.807, 2.05) is 6.92 Å². The lowest BCUT2D eigenvalue weighted by atomic mass is 9.91. The third-order valence-electron chi connectivity index (χ3n) is 4.01. The van der Waals surface area contributed by atoms with Gasteiger partial charge in [0.1, 0.15) is 11.6 Å². The molecule has 1 saturated heterocycles. The van der Waals surface area contributed by atoms with Crippen LogP contribution in [0.15, 0.2) is 18.2 Å². The van der Waals surface area contributed by atoms with Crippen molar-refractivity contribution < 1.29 is 13.6 Å². The largest absolute Gasteiger partial charge is 0.322 e. The number of nitrogens with one attached hydrogen (secondary N) is 1. The highest BCUT2D eigenvalue weighted by atomic mass is 19.1. The highest BCUT2D eigenvalue weighted by molar-refractivity contribution is 5.94. The molecule has 1 aliphatic rings. The molecule has 1 aliphatic heterocycles. The monoisotopic (exact) mass is 296 g/mol. The molecule has 1 N–H and O–H groups in total. The van der Waals surface area contributed by atoms with Crippen LogP contribution in [0.25, 0.3) is 0 Å². The zero-order chi connectivity index (χ0) is 15.6. The van der Waals surface area contributed by atoms with Gasteiger partial charge in [-0.05, 0) is 37.3 Å². The number of hydrogen-bond donors (Lipinski definition) is 1. The number of carbonyl (C=O) groups excluding carboxylic acids is 1. The molecule has 1 aromatic rings. The quantitative estimate of drug-likeness (QED) is 0.928. The van der Waals surface area contributed by atoms with E-state index in [2.05, 4.69) is 24.1 Å². The molecule has 0 spiro atoms. The van der Waals surface area contributed by atoms with Crippen molar-refractivity contribution in [3.63, 3.8) is 0 Å². The van der Waals surface area contributed by atoms with E-state index in [1.165, 1.54) is 6.07 Å². The lowest BCUT2D eigenvalue weighted by Gasteiger charge is -2.38. The Bertz CT molecular complexity index is 511. The van der Waals surface area contributed by atoms with Crippen molar-refractivity contribution in [3.05, 3.63) is 29.8 Å². The van der Waals surface area contributed by atoms with Crippen molar-refractivity contribution in [1.29, 1.82) is 0 Å².